The molecule has 2 rings (SSSR count). The van der Waals surface area contributed by atoms with Crippen molar-refractivity contribution < 1.29 is 0 Å². The molecular weight excluding hydrogens is 222 g/mol. The van der Waals surface area contributed by atoms with Crippen LogP contribution in [0.2, 0.25) is 0 Å². The van der Waals surface area contributed by atoms with Gasteiger partial charge in [0.25, 0.3) is 0 Å². The van der Waals surface area contributed by atoms with Crippen molar-refractivity contribution in [2.75, 3.05) is 6.54 Å². The molecule has 96 valence electrons. The van der Waals surface area contributed by atoms with Crippen LogP contribution in [0.25, 0.3) is 0 Å². The second kappa shape index (κ2) is 6.36. The number of aromatic nitrogens is 2. The number of nitrogens with zero attached hydrogens (tertiary/aromatic N) is 2. The third-order valence-electron chi connectivity index (χ3n) is 3.12. The first-order valence-electron chi connectivity index (χ1n) is 6.53. The molecule has 1 heterocycles. The average Bonchev–Trinajstić information content (AvgIpc) is 2.87. The molecule has 3 nitrogen and oxygen atoms in total. The van der Waals surface area contributed by atoms with Crippen molar-refractivity contribution in [1.82, 2.24) is 15.1 Å². The summed E-state index contributed by atoms with van der Waals surface area (Å²) in [5, 5.41) is 7.74. The van der Waals surface area contributed by atoms with Crippen LogP contribution in [0.1, 0.15) is 30.5 Å². The molecule has 3 heteroatoms. The lowest BCUT2D eigenvalue weighted by Crippen LogP contribution is -2.21. The molecule has 1 N–H and O–H groups in total. The molecule has 0 aliphatic carbocycles. The van der Waals surface area contributed by atoms with Crippen LogP contribution < -0.4 is 5.32 Å². The second-order valence-corrected chi connectivity index (χ2v) is 4.71. The molecule has 0 bridgehead atoms. The normalized spacial score (nSPS) is 12.6. The average molecular weight is 243 g/mol. The van der Waals surface area contributed by atoms with Gasteiger partial charge in [-0.05, 0) is 38.4 Å². The van der Waals surface area contributed by atoms with Crippen LogP contribution in [0.5, 0.6) is 0 Å². The highest BCUT2D eigenvalue weighted by Gasteiger charge is 2.03. The third-order valence-corrected chi connectivity index (χ3v) is 3.12. The van der Waals surface area contributed by atoms with E-state index in [1.165, 1.54) is 11.1 Å². The molecule has 0 saturated carbocycles. The van der Waals surface area contributed by atoms with E-state index in [2.05, 4.69) is 48.5 Å². The Morgan fingerprint density at radius 3 is 2.94 bits per heavy atom. The Labute approximate surface area is 109 Å². The summed E-state index contributed by atoms with van der Waals surface area (Å²) in [7, 11) is 0. The van der Waals surface area contributed by atoms with Gasteiger partial charge in [-0.3, -0.25) is 4.68 Å². The van der Waals surface area contributed by atoms with Gasteiger partial charge in [-0.2, -0.15) is 5.10 Å². The number of hydrogen-bond acceptors (Lipinski definition) is 2. The van der Waals surface area contributed by atoms with Crippen molar-refractivity contribution in [2.24, 2.45) is 0 Å². The van der Waals surface area contributed by atoms with Crippen molar-refractivity contribution in [2.45, 2.75) is 32.9 Å². The lowest BCUT2D eigenvalue weighted by molar-refractivity contribution is 0.507. The summed E-state index contributed by atoms with van der Waals surface area (Å²) in [5.74, 6) is 0. The maximum atomic E-state index is 4.19. The van der Waals surface area contributed by atoms with Gasteiger partial charge in [-0.25, -0.2) is 0 Å². The van der Waals surface area contributed by atoms with Crippen molar-refractivity contribution in [3.8, 4) is 0 Å². The lowest BCUT2D eigenvalue weighted by atomic mass is 10.1. The van der Waals surface area contributed by atoms with Gasteiger partial charge in [0.05, 0.1) is 0 Å². The van der Waals surface area contributed by atoms with Gasteiger partial charge < -0.3 is 5.32 Å². The van der Waals surface area contributed by atoms with Crippen LogP contribution in [0.4, 0.5) is 0 Å². The summed E-state index contributed by atoms with van der Waals surface area (Å²) >= 11 is 0. The van der Waals surface area contributed by atoms with E-state index in [1.807, 2.05) is 23.1 Å². The first kappa shape index (κ1) is 12.8. The van der Waals surface area contributed by atoms with E-state index in [0.29, 0.717) is 6.04 Å². The number of benzene rings is 1. The predicted octanol–water partition coefficient (Wildman–Crippen LogP) is 2.93. The SMILES string of the molecule is Cc1cccc(C(C)NCCCn2cccn2)c1. The van der Waals surface area contributed by atoms with Gasteiger partial charge in [0.1, 0.15) is 0 Å². The molecule has 0 radical (unpaired) electrons. The summed E-state index contributed by atoms with van der Waals surface area (Å²) in [6.45, 7) is 6.33. The summed E-state index contributed by atoms with van der Waals surface area (Å²) in [5.41, 5.74) is 2.67. The highest BCUT2D eigenvalue weighted by molar-refractivity contribution is 5.24. The highest BCUT2D eigenvalue weighted by atomic mass is 15.3. The molecule has 0 fully saturated rings. The molecule has 1 atom stereocenters. The molecule has 0 aliphatic rings. The van der Waals surface area contributed by atoms with Crippen LogP contribution in [-0.4, -0.2) is 16.3 Å². The Hall–Kier alpha value is -1.61. The fraction of sp³-hybridized carbons (Fsp3) is 0.400. The number of rotatable bonds is 6. The number of hydrogen-bond donors (Lipinski definition) is 1. The standard InChI is InChI=1S/C15H21N3/c1-13-6-3-7-15(12-13)14(2)16-8-4-10-18-11-5-9-17-18/h3,5-7,9,11-12,14,16H,4,8,10H2,1-2H3. The minimum absolute atomic E-state index is 0.405. The van der Waals surface area contributed by atoms with E-state index >= 15 is 0 Å². The minimum Gasteiger partial charge on any atom is -0.310 e. The maximum absolute atomic E-state index is 4.19. The first-order valence-corrected chi connectivity index (χ1v) is 6.53. The minimum atomic E-state index is 0.405. The molecule has 1 unspecified atom stereocenters. The molecule has 2 aromatic rings. The fourth-order valence-electron chi connectivity index (χ4n) is 2.05. The first-order chi connectivity index (χ1) is 8.75. The molecule has 0 aliphatic heterocycles. The van der Waals surface area contributed by atoms with E-state index in [9.17, 15) is 0 Å². The Kier molecular flexibility index (Phi) is 4.53. The monoisotopic (exact) mass is 243 g/mol. The van der Waals surface area contributed by atoms with Crippen molar-refractivity contribution in [1.29, 1.82) is 0 Å². The Morgan fingerprint density at radius 2 is 2.22 bits per heavy atom. The summed E-state index contributed by atoms with van der Waals surface area (Å²) < 4.78 is 1.97. The molecular formula is C15H21N3. The van der Waals surface area contributed by atoms with Gasteiger partial charge >= 0.3 is 0 Å². The smallest absolute Gasteiger partial charge is 0.0489 e. The zero-order valence-electron chi connectivity index (χ0n) is 11.1. The Morgan fingerprint density at radius 1 is 1.33 bits per heavy atom. The zero-order valence-corrected chi connectivity index (χ0v) is 11.1. The second-order valence-electron chi connectivity index (χ2n) is 4.71. The van der Waals surface area contributed by atoms with Crippen LogP contribution in [0, 0.1) is 6.92 Å². The number of aryl methyl sites for hydroxylation is 2. The van der Waals surface area contributed by atoms with E-state index in [-0.39, 0.29) is 0 Å². The van der Waals surface area contributed by atoms with Gasteiger partial charge in [0.2, 0.25) is 0 Å². The van der Waals surface area contributed by atoms with Crippen LogP contribution in [0.3, 0.4) is 0 Å². The Bertz CT molecular complexity index is 462. The lowest BCUT2D eigenvalue weighted by Gasteiger charge is -2.14. The molecule has 1 aromatic carbocycles. The molecule has 0 saturated heterocycles. The van der Waals surface area contributed by atoms with Crippen LogP contribution >= 0.6 is 0 Å². The van der Waals surface area contributed by atoms with Crippen LogP contribution in [0.15, 0.2) is 42.7 Å². The van der Waals surface area contributed by atoms with Crippen molar-refractivity contribution in [3.63, 3.8) is 0 Å². The molecule has 1 aromatic heterocycles. The fourth-order valence-corrected chi connectivity index (χ4v) is 2.05. The quantitative estimate of drug-likeness (QED) is 0.791. The van der Waals surface area contributed by atoms with E-state index in [1.54, 1.807) is 0 Å². The molecule has 18 heavy (non-hydrogen) atoms. The highest BCUT2D eigenvalue weighted by Crippen LogP contribution is 2.13. The molecule has 0 spiro atoms. The topological polar surface area (TPSA) is 29.9 Å². The number of nitrogens with one attached hydrogen (secondary N) is 1. The van der Waals surface area contributed by atoms with Gasteiger partial charge in [0.15, 0.2) is 0 Å². The third kappa shape index (κ3) is 3.70. The van der Waals surface area contributed by atoms with Gasteiger partial charge in [-0.15, -0.1) is 0 Å². The van der Waals surface area contributed by atoms with Crippen LogP contribution in [-0.2, 0) is 6.54 Å². The summed E-state index contributed by atoms with van der Waals surface area (Å²) in [6.07, 6.45) is 4.92. The van der Waals surface area contributed by atoms with E-state index in [0.717, 1.165) is 19.5 Å². The van der Waals surface area contributed by atoms with E-state index < -0.39 is 0 Å². The maximum Gasteiger partial charge on any atom is 0.0489 e. The van der Waals surface area contributed by atoms with Gasteiger partial charge in [-0.1, -0.05) is 29.8 Å². The summed E-state index contributed by atoms with van der Waals surface area (Å²) in [6, 6.07) is 11.0. The van der Waals surface area contributed by atoms with Crippen molar-refractivity contribution >= 4 is 0 Å². The zero-order chi connectivity index (χ0) is 12.8. The molecule has 0 amide bonds. The summed E-state index contributed by atoms with van der Waals surface area (Å²) in [4.78, 5) is 0. The van der Waals surface area contributed by atoms with E-state index in [4.69, 9.17) is 0 Å². The predicted molar refractivity (Wildman–Crippen MR) is 74.4 cm³/mol. The Balaban J connectivity index is 1.73. The van der Waals surface area contributed by atoms with Crippen molar-refractivity contribution in [3.05, 3.63) is 53.9 Å². The largest absolute Gasteiger partial charge is 0.310 e. The van der Waals surface area contributed by atoms with Gasteiger partial charge in [0, 0.05) is 25.0 Å².